The van der Waals surface area contributed by atoms with Gasteiger partial charge in [0.15, 0.2) is 0 Å². The van der Waals surface area contributed by atoms with Crippen LogP contribution in [0.25, 0.3) is 67.6 Å². The predicted molar refractivity (Wildman–Crippen MR) is 209 cm³/mol. The van der Waals surface area contributed by atoms with Crippen LogP contribution in [0.5, 0.6) is 0 Å². The highest BCUT2D eigenvalue weighted by Crippen LogP contribution is 2.43. The van der Waals surface area contributed by atoms with Crippen LogP contribution in [-0.4, -0.2) is 19.9 Å². The zero-order valence-electron chi connectivity index (χ0n) is 28.3. The fourth-order valence-corrected chi connectivity index (χ4v) is 8.01. The van der Waals surface area contributed by atoms with Gasteiger partial charge in [-0.3, -0.25) is 4.98 Å². The molecule has 3 aliphatic rings. The molecule has 0 saturated carbocycles. The number of rotatable bonds is 4. The van der Waals surface area contributed by atoms with Crippen LogP contribution in [0.3, 0.4) is 0 Å². The Balaban J connectivity index is 1.49. The van der Waals surface area contributed by atoms with Crippen molar-refractivity contribution in [1.82, 2.24) is 19.9 Å². The highest BCUT2D eigenvalue weighted by atomic mass is 14.8. The van der Waals surface area contributed by atoms with E-state index in [0.717, 1.165) is 91.1 Å². The second-order valence-corrected chi connectivity index (χ2v) is 13.8. The van der Waals surface area contributed by atoms with Crippen molar-refractivity contribution in [3.05, 3.63) is 168 Å². The van der Waals surface area contributed by atoms with E-state index in [1.54, 1.807) is 0 Å². The number of benzene rings is 3. The number of hydrogen-bond acceptors (Lipinski definition) is 2. The molecule has 2 atom stereocenters. The van der Waals surface area contributed by atoms with E-state index < -0.39 is 0 Å². The zero-order valence-corrected chi connectivity index (χ0v) is 28.3. The van der Waals surface area contributed by atoms with E-state index in [1.165, 1.54) is 5.56 Å². The first-order valence-electron chi connectivity index (χ1n) is 17.5. The van der Waals surface area contributed by atoms with Gasteiger partial charge in [-0.1, -0.05) is 129 Å². The molecule has 4 nitrogen and oxygen atoms in total. The fourth-order valence-electron chi connectivity index (χ4n) is 8.01. The Bertz CT molecular complexity index is 2500. The van der Waals surface area contributed by atoms with Crippen LogP contribution in [-0.2, 0) is 11.8 Å². The van der Waals surface area contributed by atoms with E-state index in [-0.39, 0.29) is 11.3 Å². The second-order valence-electron chi connectivity index (χ2n) is 13.8. The third-order valence-electron chi connectivity index (χ3n) is 10.4. The number of aromatic nitrogens is 4. The summed E-state index contributed by atoms with van der Waals surface area (Å²) >= 11 is 0. The maximum Gasteiger partial charge on any atom is 0.0737 e. The molecule has 0 saturated heterocycles. The first kappa shape index (κ1) is 30.1. The lowest BCUT2D eigenvalue weighted by atomic mass is 9.76. The number of aromatic amines is 2. The molecule has 3 aromatic heterocycles. The molecular formula is C46H38N4. The highest BCUT2D eigenvalue weighted by molar-refractivity contribution is 5.96. The van der Waals surface area contributed by atoms with Gasteiger partial charge in [0.05, 0.1) is 17.1 Å². The molecule has 1 aliphatic carbocycles. The minimum atomic E-state index is -0.221. The molecule has 6 aromatic rings. The molecule has 2 aliphatic heterocycles. The lowest BCUT2D eigenvalue weighted by Gasteiger charge is -2.28. The van der Waals surface area contributed by atoms with Crippen LogP contribution in [0, 0.1) is 0 Å². The Labute approximate surface area is 292 Å². The average Bonchev–Trinajstić information content (AvgIpc) is 3.97. The van der Waals surface area contributed by atoms with E-state index >= 15 is 0 Å². The van der Waals surface area contributed by atoms with E-state index in [4.69, 9.17) is 9.97 Å². The molecule has 2 N–H and O–H groups in total. The van der Waals surface area contributed by atoms with Gasteiger partial charge in [0.2, 0.25) is 0 Å². The summed E-state index contributed by atoms with van der Waals surface area (Å²) in [5.74, 6) is 0.224. The molecule has 5 heterocycles. The molecule has 3 aromatic carbocycles. The third-order valence-corrected chi connectivity index (χ3v) is 10.4. The Hall–Kier alpha value is -6.00. The normalized spacial score (nSPS) is 18.1. The van der Waals surface area contributed by atoms with Crippen molar-refractivity contribution >= 4 is 34.2 Å². The predicted octanol–water partition coefficient (Wildman–Crippen LogP) is 11.6. The molecule has 0 spiro atoms. The molecule has 8 bridgehead atoms. The van der Waals surface area contributed by atoms with Gasteiger partial charge in [-0.2, -0.15) is 0 Å². The molecule has 4 heteroatoms. The standard InChI is InChI=1S/C46H38N4/c1-30-29-40-44(46(2)27-13-6-14-28-46)39-26-25-37(49-39)42(32-17-9-4-10-18-32)35-22-21-34(47-35)41(31-15-7-3-8-16-31)36-23-24-38(48-36)43(45(30)50-40)33-19-11-5-12-20-33/h3-27,30,48-49H,28-29H2,1-2H3. The number of H-pyrrole nitrogens is 2. The average molecular weight is 647 g/mol. The maximum atomic E-state index is 5.63. The topological polar surface area (TPSA) is 57.4 Å². The van der Waals surface area contributed by atoms with Crippen molar-refractivity contribution in [3.63, 3.8) is 0 Å². The number of hydrogen-bond donors (Lipinski definition) is 2. The molecular weight excluding hydrogens is 609 g/mol. The van der Waals surface area contributed by atoms with Crippen molar-refractivity contribution in [2.75, 3.05) is 0 Å². The number of fused-ring (bicyclic) bond motifs is 8. The fraction of sp³-hybridized carbons (Fsp3) is 0.130. The van der Waals surface area contributed by atoms with Crippen molar-refractivity contribution < 1.29 is 0 Å². The molecule has 0 amide bonds. The highest BCUT2D eigenvalue weighted by Gasteiger charge is 2.32. The van der Waals surface area contributed by atoms with Crippen LogP contribution in [0.1, 0.15) is 54.5 Å². The van der Waals surface area contributed by atoms with Crippen LogP contribution in [0.4, 0.5) is 0 Å². The SMILES string of the molecule is CC1Cc2nc1c(-c1ccccc1)c1ccc([nH]1)c(-c1ccccc1)c1nc(c(-c3ccccc3)c3ccc([nH]3)c2C2(C)C=CC=CC2)C=C1. The first-order valence-corrected chi connectivity index (χ1v) is 17.5. The molecule has 50 heavy (non-hydrogen) atoms. The summed E-state index contributed by atoms with van der Waals surface area (Å²) in [6.45, 7) is 4.67. The van der Waals surface area contributed by atoms with Gasteiger partial charge >= 0.3 is 0 Å². The zero-order chi connectivity index (χ0) is 33.7. The van der Waals surface area contributed by atoms with Crippen LogP contribution in [0.2, 0.25) is 0 Å². The summed E-state index contributed by atoms with van der Waals surface area (Å²) in [5.41, 5.74) is 16.0. The summed E-state index contributed by atoms with van der Waals surface area (Å²) in [4.78, 5) is 18.8. The molecule has 2 unspecified atom stereocenters. The van der Waals surface area contributed by atoms with Gasteiger partial charge in [-0.05, 0) is 65.9 Å². The van der Waals surface area contributed by atoms with Gasteiger partial charge in [0.1, 0.15) is 0 Å². The quantitative estimate of drug-likeness (QED) is 0.200. The van der Waals surface area contributed by atoms with E-state index in [1.807, 2.05) is 0 Å². The van der Waals surface area contributed by atoms with Crippen molar-refractivity contribution in [2.45, 2.75) is 38.0 Å². The van der Waals surface area contributed by atoms with E-state index in [0.29, 0.717) is 0 Å². The smallest absolute Gasteiger partial charge is 0.0737 e. The van der Waals surface area contributed by atoms with Crippen molar-refractivity contribution in [1.29, 1.82) is 0 Å². The van der Waals surface area contributed by atoms with Gasteiger partial charge in [0.25, 0.3) is 0 Å². The number of allylic oxidation sites excluding steroid dienone is 4. The summed E-state index contributed by atoms with van der Waals surface area (Å²) < 4.78 is 0. The maximum absolute atomic E-state index is 5.63. The minimum Gasteiger partial charge on any atom is -0.355 e. The Kier molecular flexibility index (Phi) is 7.31. The summed E-state index contributed by atoms with van der Waals surface area (Å²) in [6, 6.07) is 40.8. The first-order chi connectivity index (χ1) is 24.6. The largest absolute Gasteiger partial charge is 0.355 e. The lowest BCUT2D eigenvalue weighted by Crippen LogP contribution is -2.21. The van der Waals surface area contributed by atoms with Gasteiger partial charge in [-0.15, -0.1) is 0 Å². The molecule has 0 radical (unpaired) electrons. The van der Waals surface area contributed by atoms with E-state index in [9.17, 15) is 0 Å². The molecule has 0 fully saturated rings. The second kappa shape index (κ2) is 12.2. The van der Waals surface area contributed by atoms with Gasteiger partial charge in [-0.25, -0.2) is 4.98 Å². The van der Waals surface area contributed by atoms with Crippen LogP contribution in [0.15, 0.2) is 140 Å². The van der Waals surface area contributed by atoms with Crippen LogP contribution < -0.4 is 0 Å². The van der Waals surface area contributed by atoms with Crippen molar-refractivity contribution in [3.8, 4) is 33.4 Å². The van der Waals surface area contributed by atoms with Gasteiger partial charge in [0, 0.05) is 61.3 Å². The monoisotopic (exact) mass is 646 g/mol. The number of nitrogens with zero attached hydrogens (tertiary/aromatic N) is 2. The molecule has 242 valence electrons. The Morgan fingerprint density at radius 2 is 1.08 bits per heavy atom. The third kappa shape index (κ3) is 5.16. The van der Waals surface area contributed by atoms with E-state index in [2.05, 4.69) is 176 Å². The number of nitrogens with one attached hydrogen (secondary N) is 2. The molecule has 9 rings (SSSR count). The van der Waals surface area contributed by atoms with Crippen molar-refractivity contribution in [2.24, 2.45) is 0 Å². The Morgan fingerprint density at radius 3 is 1.62 bits per heavy atom. The Morgan fingerprint density at radius 1 is 0.580 bits per heavy atom. The van der Waals surface area contributed by atoms with Crippen LogP contribution >= 0.6 is 0 Å². The summed E-state index contributed by atoms with van der Waals surface area (Å²) in [5, 5.41) is 0. The minimum absolute atomic E-state index is 0.221. The lowest BCUT2D eigenvalue weighted by molar-refractivity contribution is 0.593. The van der Waals surface area contributed by atoms with Gasteiger partial charge < -0.3 is 9.97 Å². The summed E-state index contributed by atoms with van der Waals surface area (Å²) in [7, 11) is 0. The summed E-state index contributed by atoms with van der Waals surface area (Å²) in [6.07, 6.45) is 15.0.